The number of amides is 1. The Kier molecular flexibility index (Phi) is 3.98. The molecular weight excluding hydrogens is 322 g/mol. The molecule has 1 N–H and O–H groups in total. The topological polar surface area (TPSA) is 54.9 Å². The number of pyridine rings is 2. The van der Waals surface area contributed by atoms with Crippen LogP contribution in [-0.2, 0) is 0 Å². The van der Waals surface area contributed by atoms with Gasteiger partial charge in [-0.1, -0.05) is 11.6 Å². The van der Waals surface area contributed by atoms with Gasteiger partial charge in [0.15, 0.2) is 0 Å². The maximum absolute atomic E-state index is 13.2. The Bertz CT molecular complexity index is 1010. The standard InChI is InChI=1S/C22H23N3O/c1-12-9-14(3)21-17(10-12)18(11-19(24-21)16-5-6-16)22(26)25-20-13(2)7-8-23-15(20)4/h7-11,16H,5-6H2,1-4H3,(H,25,26). The highest BCUT2D eigenvalue weighted by Crippen LogP contribution is 2.40. The quantitative estimate of drug-likeness (QED) is 0.727. The van der Waals surface area contributed by atoms with E-state index in [1.165, 1.54) is 0 Å². The zero-order valence-electron chi connectivity index (χ0n) is 15.7. The van der Waals surface area contributed by atoms with E-state index in [0.717, 1.165) is 57.5 Å². The zero-order valence-corrected chi connectivity index (χ0v) is 15.7. The van der Waals surface area contributed by atoms with Gasteiger partial charge in [0, 0.05) is 23.2 Å². The van der Waals surface area contributed by atoms with E-state index in [1.54, 1.807) is 6.20 Å². The molecule has 4 heteroatoms. The summed E-state index contributed by atoms with van der Waals surface area (Å²) < 4.78 is 0. The van der Waals surface area contributed by atoms with Crippen molar-refractivity contribution < 1.29 is 4.79 Å². The van der Waals surface area contributed by atoms with Gasteiger partial charge in [0.25, 0.3) is 5.91 Å². The van der Waals surface area contributed by atoms with Crippen LogP contribution in [0.15, 0.2) is 30.5 Å². The molecule has 2 heterocycles. The van der Waals surface area contributed by atoms with E-state index in [0.29, 0.717) is 11.5 Å². The van der Waals surface area contributed by atoms with E-state index < -0.39 is 0 Å². The van der Waals surface area contributed by atoms with E-state index in [9.17, 15) is 4.79 Å². The van der Waals surface area contributed by atoms with Gasteiger partial charge in [-0.2, -0.15) is 0 Å². The molecule has 2 aromatic heterocycles. The van der Waals surface area contributed by atoms with Crippen molar-refractivity contribution in [2.45, 2.75) is 46.5 Å². The molecule has 4 rings (SSSR count). The molecule has 3 aromatic rings. The minimum atomic E-state index is -0.0940. The Labute approximate surface area is 153 Å². The minimum absolute atomic E-state index is 0.0940. The number of carbonyl (C=O) groups is 1. The third kappa shape index (κ3) is 2.96. The average Bonchev–Trinajstić information content (AvgIpc) is 3.42. The largest absolute Gasteiger partial charge is 0.320 e. The molecule has 132 valence electrons. The zero-order chi connectivity index (χ0) is 18.4. The smallest absolute Gasteiger partial charge is 0.256 e. The van der Waals surface area contributed by atoms with Gasteiger partial charge in [-0.3, -0.25) is 14.8 Å². The van der Waals surface area contributed by atoms with Crippen molar-refractivity contribution in [3.8, 4) is 0 Å². The van der Waals surface area contributed by atoms with Crippen molar-refractivity contribution in [1.29, 1.82) is 0 Å². The van der Waals surface area contributed by atoms with Crippen LogP contribution >= 0.6 is 0 Å². The second kappa shape index (κ2) is 6.20. The van der Waals surface area contributed by atoms with Gasteiger partial charge in [0.2, 0.25) is 0 Å². The summed E-state index contributed by atoms with van der Waals surface area (Å²) in [5.41, 5.74) is 7.56. The number of aryl methyl sites for hydroxylation is 4. The number of nitrogens with zero attached hydrogens (tertiary/aromatic N) is 2. The number of benzene rings is 1. The lowest BCUT2D eigenvalue weighted by Gasteiger charge is -2.14. The molecule has 1 saturated carbocycles. The SMILES string of the molecule is Cc1cc(C)c2nc(C3CC3)cc(C(=O)Nc3c(C)ccnc3C)c2c1. The fourth-order valence-electron chi connectivity index (χ4n) is 3.54. The molecule has 0 bridgehead atoms. The Balaban J connectivity index is 1.85. The Morgan fingerprint density at radius 2 is 1.85 bits per heavy atom. The molecule has 1 aromatic carbocycles. The molecular formula is C22H23N3O. The predicted octanol–water partition coefficient (Wildman–Crippen LogP) is 4.99. The first-order chi connectivity index (χ1) is 12.4. The molecule has 1 aliphatic carbocycles. The van der Waals surface area contributed by atoms with Crippen molar-refractivity contribution in [2.75, 3.05) is 5.32 Å². The third-order valence-electron chi connectivity index (χ3n) is 5.10. The van der Waals surface area contributed by atoms with Crippen LogP contribution in [0.25, 0.3) is 10.9 Å². The number of hydrogen-bond acceptors (Lipinski definition) is 3. The van der Waals surface area contributed by atoms with E-state index >= 15 is 0 Å². The van der Waals surface area contributed by atoms with Gasteiger partial charge in [-0.25, -0.2) is 0 Å². The molecule has 26 heavy (non-hydrogen) atoms. The van der Waals surface area contributed by atoms with Crippen LogP contribution in [0.3, 0.4) is 0 Å². The number of aromatic nitrogens is 2. The second-order valence-electron chi connectivity index (χ2n) is 7.39. The molecule has 1 amide bonds. The van der Waals surface area contributed by atoms with Crippen LogP contribution in [-0.4, -0.2) is 15.9 Å². The van der Waals surface area contributed by atoms with Gasteiger partial charge in [-0.05, 0) is 69.9 Å². The van der Waals surface area contributed by atoms with E-state index in [2.05, 4.69) is 36.3 Å². The summed E-state index contributed by atoms with van der Waals surface area (Å²) in [7, 11) is 0. The molecule has 0 aliphatic heterocycles. The Morgan fingerprint density at radius 1 is 1.08 bits per heavy atom. The fraction of sp³-hybridized carbons (Fsp3) is 0.318. The summed E-state index contributed by atoms with van der Waals surface area (Å²) in [5, 5.41) is 4.00. The molecule has 0 radical (unpaired) electrons. The number of anilines is 1. The number of nitrogens with one attached hydrogen (secondary N) is 1. The highest BCUT2D eigenvalue weighted by atomic mass is 16.1. The Morgan fingerprint density at radius 3 is 2.54 bits per heavy atom. The van der Waals surface area contributed by atoms with Crippen LogP contribution in [0.4, 0.5) is 5.69 Å². The highest BCUT2D eigenvalue weighted by molar-refractivity contribution is 6.13. The summed E-state index contributed by atoms with van der Waals surface area (Å²) in [6.45, 7) is 8.02. The maximum atomic E-state index is 13.2. The predicted molar refractivity (Wildman–Crippen MR) is 105 cm³/mol. The van der Waals surface area contributed by atoms with Gasteiger partial charge in [0.1, 0.15) is 0 Å². The fourth-order valence-corrected chi connectivity index (χ4v) is 3.54. The molecule has 0 atom stereocenters. The highest BCUT2D eigenvalue weighted by Gasteiger charge is 2.27. The summed E-state index contributed by atoms with van der Waals surface area (Å²) >= 11 is 0. The van der Waals surface area contributed by atoms with Crippen LogP contribution in [0, 0.1) is 27.7 Å². The number of hydrogen-bond donors (Lipinski definition) is 1. The van der Waals surface area contributed by atoms with Crippen molar-refractivity contribution in [3.05, 3.63) is 64.1 Å². The summed E-state index contributed by atoms with van der Waals surface area (Å²) in [6, 6.07) is 8.08. The maximum Gasteiger partial charge on any atom is 0.256 e. The van der Waals surface area contributed by atoms with Crippen molar-refractivity contribution in [3.63, 3.8) is 0 Å². The van der Waals surface area contributed by atoms with Crippen LogP contribution in [0.1, 0.15) is 57.2 Å². The van der Waals surface area contributed by atoms with Crippen molar-refractivity contribution >= 4 is 22.5 Å². The Hall–Kier alpha value is -2.75. The van der Waals surface area contributed by atoms with Gasteiger partial charge in [-0.15, -0.1) is 0 Å². The van der Waals surface area contributed by atoms with Gasteiger partial charge in [0.05, 0.1) is 22.5 Å². The summed E-state index contributed by atoms with van der Waals surface area (Å²) in [5.74, 6) is 0.400. The lowest BCUT2D eigenvalue weighted by Crippen LogP contribution is -2.16. The molecule has 0 spiro atoms. The number of carbonyl (C=O) groups excluding carboxylic acids is 1. The van der Waals surface area contributed by atoms with E-state index in [1.807, 2.05) is 26.0 Å². The van der Waals surface area contributed by atoms with Gasteiger partial charge < -0.3 is 5.32 Å². The summed E-state index contributed by atoms with van der Waals surface area (Å²) in [6.07, 6.45) is 4.08. The monoisotopic (exact) mass is 345 g/mol. The summed E-state index contributed by atoms with van der Waals surface area (Å²) in [4.78, 5) is 22.4. The molecule has 4 nitrogen and oxygen atoms in total. The minimum Gasteiger partial charge on any atom is -0.320 e. The average molecular weight is 345 g/mol. The van der Waals surface area contributed by atoms with Crippen LogP contribution < -0.4 is 5.32 Å². The molecule has 0 unspecified atom stereocenters. The first-order valence-electron chi connectivity index (χ1n) is 9.09. The first-order valence-corrected chi connectivity index (χ1v) is 9.09. The van der Waals surface area contributed by atoms with Gasteiger partial charge >= 0.3 is 0 Å². The van der Waals surface area contributed by atoms with Crippen LogP contribution in [0.2, 0.25) is 0 Å². The number of fused-ring (bicyclic) bond motifs is 1. The van der Waals surface area contributed by atoms with Crippen LogP contribution in [0.5, 0.6) is 0 Å². The second-order valence-corrected chi connectivity index (χ2v) is 7.39. The first kappa shape index (κ1) is 16.7. The van der Waals surface area contributed by atoms with Crippen molar-refractivity contribution in [1.82, 2.24) is 9.97 Å². The van der Waals surface area contributed by atoms with E-state index in [4.69, 9.17) is 4.98 Å². The molecule has 1 aliphatic rings. The lowest BCUT2D eigenvalue weighted by molar-refractivity contribution is 0.102. The lowest BCUT2D eigenvalue weighted by atomic mass is 10.00. The van der Waals surface area contributed by atoms with Crippen molar-refractivity contribution in [2.24, 2.45) is 0 Å². The van der Waals surface area contributed by atoms with E-state index in [-0.39, 0.29) is 5.91 Å². The number of rotatable bonds is 3. The third-order valence-corrected chi connectivity index (χ3v) is 5.10. The normalized spacial score (nSPS) is 13.8. The molecule has 1 fully saturated rings. The molecule has 0 saturated heterocycles.